The van der Waals surface area contributed by atoms with E-state index in [9.17, 15) is 14.4 Å². The van der Waals surface area contributed by atoms with Crippen LogP contribution < -0.4 is 5.32 Å². The molecule has 4 rings (SSSR count). The van der Waals surface area contributed by atoms with E-state index < -0.39 is 17.8 Å². The minimum Gasteiger partial charge on any atom is -0.450 e. The molecule has 0 atom stereocenters. The Morgan fingerprint density at radius 2 is 1.70 bits per heavy atom. The van der Waals surface area contributed by atoms with Crippen molar-refractivity contribution in [1.29, 1.82) is 0 Å². The molecule has 2 aromatic carbocycles. The van der Waals surface area contributed by atoms with Crippen LogP contribution in [-0.4, -0.2) is 22.7 Å². The number of nitrogens with one attached hydrogen (secondary N) is 1. The molecule has 0 unspecified atom stereocenters. The van der Waals surface area contributed by atoms with Gasteiger partial charge in [0, 0.05) is 9.92 Å². The Balaban J connectivity index is 1.54. The van der Waals surface area contributed by atoms with Gasteiger partial charge < -0.3 is 4.42 Å². The van der Waals surface area contributed by atoms with Crippen molar-refractivity contribution in [1.82, 2.24) is 10.2 Å². The maximum Gasteiger partial charge on any atom is 0.331 e. The van der Waals surface area contributed by atoms with Crippen LogP contribution in [0, 0.1) is 0 Å². The monoisotopic (exact) mass is 438 g/mol. The van der Waals surface area contributed by atoms with E-state index in [-0.39, 0.29) is 12.1 Å². The Labute approximate surface area is 181 Å². The van der Waals surface area contributed by atoms with Gasteiger partial charge in [-0.05, 0) is 48.0 Å². The van der Waals surface area contributed by atoms with Crippen LogP contribution in [0.1, 0.15) is 11.3 Å². The van der Waals surface area contributed by atoms with E-state index in [2.05, 4.69) is 5.32 Å². The molecule has 4 amide bonds. The summed E-state index contributed by atoms with van der Waals surface area (Å²) in [5.41, 5.74) is 0.609. The van der Waals surface area contributed by atoms with Crippen LogP contribution in [0.5, 0.6) is 0 Å². The third-order valence-corrected chi connectivity index (χ3v) is 5.47. The molecule has 0 bridgehead atoms. The fourth-order valence-electron chi connectivity index (χ4n) is 2.83. The topological polar surface area (TPSA) is 79.6 Å². The number of hydrogen-bond donors (Lipinski definition) is 1. The summed E-state index contributed by atoms with van der Waals surface area (Å²) >= 11 is 7.27. The Hall–Kier alpha value is -3.29. The number of halogens is 1. The smallest absolute Gasteiger partial charge is 0.331 e. The number of carbonyl (C=O) groups is 3. The normalized spacial score (nSPS) is 15.6. The second-order valence-electron chi connectivity index (χ2n) is 6.41. The second-order valence-corrected chi connectivity index (χ2v) is 7.92. The first-order valence-electron chi connectivity index (χ1n) is 8.95. The van der Waals surface area contributed by atoms with E-state index in [1.165, 1.54) is 17.8 Å². The number of carbonyl (C=O) groups excluding carboxylic acids is 3. The number of rotatable bonds is 5. The molecule has 8 heteroatoms. The van der Waals surface area contributed by atoms with Gasteiger partial charge in [0.1, 0.15) is 11.3 Å². The van der Waals surface area contributed by atoms with Crippen molar-refractivity contribution in [2.45, 2.75) is 16.5 Å². The zero-order valence-electron chi connectivity index (χ0n) is 15.5. The van der Waals surface area contributed by atoms with Crippen LogP contribution in [-0.2, 0) is 16.1 Å². The highest BCUT2D eigenvalue weighted by molar-refractivity contribution is 7.99. The quantitative estimate of drug-likeness (QED) is 0.459. The molecule has 0 spiro atoms. The number of barbiturate groups is 1. The average molecular weight is 439 g/mol. The van der Waals surface area contributed by atoms with Crippen molar-refractivity contribution in [3.63, 3.8) is 0 Å². The Bertz CT molecular complexity index is 1140. The molecule has 30 heavy (non-hydrogen) atoms. The molecule has 6 nitrogen and oxygen atoms in total. The fourth-order valence-corrected chi connectivity index (χ4v) is 3.74. The maximum absolute atomic E-state index is 12.8. The Morgan fingerprint density at radius 3 is 2.43 bits per heavy atom. The first-order valence-corrected chi connectivity index (χ1v) is 10.1. The van der Waals surface area contributed by atoms with Crippen LogP contribution in [0.2, 0.25) is 5.02 Å². The largest absolute Gasteiger partial charge is 0.450 e. The number of urea groups is 1. The van der Waals surface area contributed by atoms with Crippen molar-refractivity contribution >= 4 is 47.3 Å². The summed E-state index contributed by atoms with van der Waals surface area (Å²) in [6.45, 7) is 0.0615. The Kier molecular flexibility index (Phi) is 5.74. The molecule has 150 valence electrons. The minimum atomic E-state index is -0.752. The molecule has 1 fully saturated rings. The third kappa shape index (κ3) is 4.48. The molecular weight excluding hydrogens is 424 g/mol. The van der Waals surface area contributed by atoms with Crippen molar-refractivity contribution in [2.75, 3.05) is 0 Å². The molecule has 1 N–H and O–H groups in total. The zero-order chi connectivity index (χ0) is 21.1. The SMILES string of the molecule is O=C1NC(=O)N(Cc2ccccc2)C(=O)/C1=C/c1ccc(Sc2ccc(Cl)cc2)o1. The zero-order valence-corrected chi connectivity index (χ0v) is 17.1. The van der Waals surface area contributed by atoms with Crippen LogP contribution in [0.25, 0.3) is 6.08 Å². The highest BCUT2D eigenvalue weighted by Crippen LogP contribution is 2.31. The van der Waals surface area contributed by atoms with Crippen molar-refractivity contribution < 1.29 is 18.8 Å². The van der Waals surface area contributed by atoms with Gasteiger partial charge in [0.2, 0.25) is 0 Å². The average Bonchev–Trinajstić information content (AvgIpc) is 3.18. The summed E-state index contributed by atoms with van der Waals surface area (Å²) in [5.74, 6) is -1.09. The van der Waals surface area contributed by atoms with Gasteiger partial charge in [-0.15, -0.1) is 0 Å². The van der Waals surface area contributed by atoms with Crippen LogP contribution >= 0.6 is 23.4 Å². The summed E-state index contributed by atoms with van der Waals surface area (Å²) in [6.07, 6.45) is 1.34. The standard InChI is InChI=1S/C22H15ClN2O4S/c23-15-6-9-17(10-7-15)30-19-11-8-16(29-19)12-18-20(26)24-22(28)25(21(18)27)13-14-4-2-1-3-5-14/h1-12H,13H2,(H,24,26,28)/b18-12+. The molecule has 1 aromatic heterocycles. The number of furan rings is 1. The van der Waals surface area contributed by atoms with E-state index in [4.69, 9.17) is 16.0 Å². The van der Waals surface area contributed by atoms with Crippen LogP contribution in [0.3, 0.4) is 0 Å². The van der Waals surface area contributed by atoms with Gasteiger partial charge >= 0.3 is 6.03 Å². The number of hydrogen-bond acceptors (Lipinski definition) is 5. The lowest BCUT2D eigenvalue weighted by Crippen LogP contribution is -2.53. The number of nitrogens with zero attached hydrogens (tertiary/aromatic N) is 1. The minimum absolute atomic E-state index is 0.0615. The Morgan fingerprint density at radius 1 is 0.967 bits per heavy atom. The van der Waals surface area contributed by atoms with Gasteiger partial charge in [-0.2, -0.15) is 0 Å². The summed E-state index contributed by atoms with van der Waals surface area (Å²) in [7, 11) is 0. The molecule has 2 heterocycles. The number of benzene rings is 2. The highest BCUT2D eigenvalue weighted by Gasteiger charge is 2.35. The third-order valence-electron chi connectivity index (χ3n) is 4.29. The maximum atomic E-state index is 12.8. The summed E-state index contributed by atoms with van der Waals surface area (Å²) < 4.78 is 5.72. The van der Waals surface area contributed by atoms with E-state index in [0.717, 1.165) is 15.4 Å². The molecular formula is C22H15ClN2O4S. The van der Waals surface area contributed by atoms with Crippen LogP contribution in [0.4, 0.5) is 4.79 Å². The predicted molar refractivity (Wildman–Crippen MR) is 113 cm³/mol. The first-order chi connectivity index (χ1) is 14.5. The molecule has 0 saturated carbocycles. The molecule has 0 radical (unpaired) electrons. The number of amides is 4. The highest BCUT2D eigenvalue weighted by atomic mass is 35.5. The van der Waals surface area contributed by atoms with Gasteiger partial charge in [0.25, 0.3) is 11.8 Å². The van der Waals surface area contributed by atoms with Gasteiger partial charge in [0.05, 0.1) is 6.54 Å². The van der Waals surface area contributed by atoms with E-state index in [1.807, 2.05) is 30.3 Å². The first kappa shape index (κ1) is 20.0. The lowest BCUT2D eigenvalue weighted by molar-refractivity contribution is -0.130. The number of imide groups is 2. The van der Waals surface area contributed by atoms with Gasteiger partial charge in [-0.3, -0.25) is 19.8 Å². The summed E-state index contributed by atoms with van der Waals surface area (Å²) in [5, 5.41) is 3.43. The summed E-state index contributed by atoms with van der Waals surface area (Å²) in [4.78, 5) is 39.1. The van der Waals surface area contributed by atoms with Crippen molar-refractivity contribution in [3.05, 3.63) is 88.6 Å². The van der Waals surface area contributed by atoms with Gasteiger partial charge in [-0.1, -0.05) is 53.7 Å². The van der Waals surface area contributed by atoms with E-state index >= 15 is 0 Å². The van der Waals surface area contributed by atoms with E-state index in [0.29, 0.717) is 15.9 Å². The molecule has 1 aliphatic heterocycles. The van der Waals surface area contributed by atoms with Gasteiger partial charge in [0.15, 0.2) is 5.09 Å². The lowest BCUT2D eigenvalue weighted by Gasteiger charge is -2.26. The predicted octanol–water partition coefficient (Wildman–Crippen LogP) is 4.75. The molecule has 0 aliphatic carbocycles. The fraction of sp³-hybridized carbons (Fsp3) is 0.0455. The van der Waals surface area contributed by atoms with Crippen molar-refractivity contribution in [3.8, 4) is 0 Å². The lowest BCUT2D eigenvalue weighted by atomic mass is 10.1. The van der Waals surface area contributed by atoms with E-state index in [1.54, 1.807) is 36.4 Å². The molecule has 3 aromatic rings. The second kappa shape index (κ2) is 8.61. The molecule has 1 aliphatic rings. The summed E-state index contributed by atoms with van der Waals surface area (Å²) in [6, 6.07) is 19.0. The van der Waals surface area contributed by atoms with Crippen LogP contribution in [0.15, 0.2) is 86.7 Å². The van der Waals surface area contributed by atoms with Crippen molar-refractivity contribution in [2.24, 2.45) is 0 Å². The molecule has 1 saturated heterocycles. The van der Waals surface area contributed by atoms with Gasteiger partial charge in [-0.25, -0.2) is 4.79 Å².